The van der Waals surface area contributed by atoms with Gasteiger partial charge in [-0.15, -0.1) is 0 Å². The first-order chi connectivity index (χ1) is 7.33. The molecule has 0 aromatic carbocycles. The molecular formula is C8H11F4NO3. The van der Waals surface area contributed by atoms with Crippen molar-refractivity contribution in [2.24, 2.45) is 0 Å². The van der Waals surface area contributed by atoms with Crippen LogP contribution in [0.25, 0.3) is 0 Å². The molecule has 4 nitrogen and oxygen atoms in total. The molecule has 0 bridgehead atoms. The van der Waals surface area contributed by atoms with E-state index in [0.29, 0.717) is 7.11 Å². The van der Waals surface area contributed by atoms with Crippen molar-refractivity contribution in [1.82, 2.24) is 4.90 Å². The lowest BCUT2D eigenvalue weighted by atomic mass is 10.2. The predicted molar refractivity (Wildman–Crippen MR) is 44.3 cm³/mol. The Morgan fingerprint density at radius 1 is 1.25 bits per heavy atom. The van der Waals surface area contributed by atoms with E-state index in [0.717, 1.165) is 4.90 Å². The quantitative estimate of drug-likeness (QED) is 0.673. The molecule has 1 saturated heterocycles. The topological polar surface area (TPSA) is 38.8 Å². The van der Waals surface area contributed by atoms with Crippen LogP contribution in [0.3, 0.4) is 0 Å². The number of alkyl halides is 4. The van der Waals surface area contributed by atoms with Gasteiger partial charge in [0.2, 0.25) is 0 Å². The largest absolute Gasteiger partial charge is 0.458 e. The van der Waals surface area contributed by atoms with Gasteiger partial charge in [-0.3, -0.25) is 4.79 Å². The van der Waals surface area contributed by atoms with Gasteiger partial charge < -0.3 is 14.4 Å². The molecule has 0 spiro atoms. The number of rotatable bonds is 2. The third-order valence-electron chi connectivity index (χ3n) is 2.22. The zero-order valence-corrected chi connectivity index (χ0v) is 8.51. The Morgan fingerprint density at radius 2 is 1.75 bits per heavy atom. The number of carbonyl (C=O) groups is 1. The highest BCUT2D eigenvalue weighted by atomic mass is 19.4. The van der Waals surface area contributed by atoms with Crippen molar-refractivity contribution in [2.75, 3.05) is 33.4 Å². The van der Waals surface area contributed by atoms with Crippen LogP contribution in [0.15, 0.2) is 0 Å². The van der Waals surface area contributed by atoms with Crippen LogP contribution in [-0.2, 0) is 14.3 Å². The first-order valence-corrected chi connectivity index (χ1v) is 4.51. The molecule has 0 aliphatic carbocycles. The second-order valence-corrected chi connectivity index (χ2v) is 3.20. The summed E-state index contributed by atoms with van der Waals surface area (Å²) in [6.45, 7) is 0.0146. The minimum atomic E-state index is -5.39. The van der Waals surface area contributed by atoms with Gasteiger partial charge in [-0.2, -0.15) is 17.6 Å². The van der Waals surface area contributed by atoms with Gasteiger partial charge in [0.05, 0.1) is 13.2 Å². The summed E-state index contributed by atoms with van der Waals surface area (Å²) in [5, 5.41) is 0. The van der Waals surface area contributed by atoms with E-state index in [9.17, 15) is 22.4 Å². The first-order valence-electron chi connectivity index (χ1n) is 4.51. The van der Waals surface area contributed by atoms with Gasteiger partial charge in [-0.05, 0) is 0 Å². The SMILES string of the molecule is CO[C@@](F)(C(=O)N1CCOCC1)C(F)(F)F. The van der Waals surface area contributed by atoms with Crippen LogP contribution < -0.4 is 0 Å². The lowest BCUT2D eigenvalue weighted by molar-refractivity contribution is -0.312. The molecule has 8 heteroatoms. The molecule has 1 fully saturated rings. The van der Waals surface area contributed by atoms with Crippen LogP contribution in [0.5, 0.6) is 0 Å². The maximum Gasteiger partial charge on any atom is 0.458 e. The zero-order valence-electron chi connectivity index (χ0n) is 8.51. The molecule has 0 radical (unpaired) electrons. The number of ether oxygens (including phenoxy) is 2. The van der Waals surface area contributed by atoms with Gasteiger partial charge >= 0.3 is 12.0 Å². The van der Waals surface area contributed by atoms with Crippen LogP contribution in [0.1, 0.15) is 0 Å². The Labute approximate surface area is 89.1 Å². The van der Waals surface area contributed by atoms with Gasteiger partial charge in [0.25, 0.3) is 5.91 Å². The van der Waals surface area contributed by atoms with Crippen molar-refractivity contribution in [1.29, 1.82) is 0 Å². The Balaban J connectivity index is 2.83. The van der Waals surface area contributed by atoms with E-state index < -0.39 is 17.9 Å². The third-order valence-corrected chi connectivity index (χ3v) is 2.22. The number of amides is 1. The molecule has 1 amide bonds. The van der Waals surface area contributed by atoms with Crippen molar-refractivity contribution in [3.63, 3.8) is 0 Å². The summed E-state index contributed by atoms with van der Waals surface area (Å²) in [6.07, 6.45) is -5.39. The minimum absolute atomic E-state index is 0.0794. The molecule has 1 aliphatic rings. The fourth-order valence-corrected chi connectivity index (χ4v) is 1.29. The number of carbonyl (C=O) groups excluding carboxylic acids is 1. The van der Waals surface area contributed by atoms with E-state index in [1.165, 1.54) is 0 Å². The summed E-state index contributed by atoms with van der Waals surface area (Å²) >= 11 is 0. The van der Waals surface area contributed by atoms with Crippen LogP contribution in [-0.4, -0.2) is 56.3 Å². The number of nitrogens with zero attached hydrogens (tertiary/aromatic N) is 1. The summed E-state index contributed by atoms with van der Waals surface area (Å²) < 4.78 is 59.0. The van der Waals surface area contributed by atoms with E-state index in [1.54, 1.807) is 0 Å². The Bertz CT molecular complexity index is 264. The Kier molecular flexibility index (Phi) is 3.74. The van der Waals surface area contributed by atoms with Gasteiger partial charge in [-0.1, -0.05) is 0 Å². The summed E-state index contributed by atoms with van der Waals surface area (Å²) in [5.41, 5.74) is 0. The minimum Gasteiger partial charge on any atom is -0.378 e. The molecule has 1 heterocycles. The predicted octanol–water partition coefficient (Wildman–Crippen LogP) is 0.720. The molecule has 16 heavy (non-hydrogen) atoms. The molecule has 0 N–H and O–H groups in total. The number of halogens is 4. The van der Waals surface area contributed by atoms with E-state index in [1.807, 2.05) is 0 Å². The highest BCUT2D eigenvalue weighted by Crippen LogP contribution is 2.36. The number of morpholine rings is 1. The standard InChI is InChI=1S/C8H11F4NO3/c1-15-7(9,8(10,11)12)6(14)13-2-4-16-5-3-13/h2-5H2,1H3/t7-/m0/s1. The monoisotopic (exact) mass is 245 g/mol. The highest BCUT2D eigenvalue weighted by Gasteiger charge is 2.64. The lowest BCUT2D eigenvalue weighted by Gasteiger charge is -2.33. The number of methoxy groups -OCH3 is 1. The summed E-state index contributed by atoms with van der Waals surface area (Å²) in [5.74, 6) is -6.00. The van der Waals surface area contributed by atoms with Gasteiger partial charge in [0.1, 0.15) is 0 Å². The molecule has 0 unspecified atom stereocenters. The molecule has 0 saturated carbocycles. The average Bonchev–Trinajstić information content (AvgIpc) is 2.26. The van der Waals surface area contributed by atoms with Gasteiger partial charge in [0, 0.05) is 20.2 Å². The van der Waals surface area contributed by atoms with E-state index >= 15 is 0 Å². The maximum atomic E-state index is 13.4. The molecular weight excluding hydrogens is 234 g/mol. The molecule has 94 valence electrons. The van der Waals surface area contributed by atoms with Gasteiger partial charge in [-0.25, -0.2) is 0 Å². The van der Waals surface area contributed by atoms with Crippen LogP contribution in [0, 0.1) is 0 Å². The van der Waals surface area contributed by atoms with Crippen LogP contribution in [0.2, 0.25) is 0 Å². The van der Waals surface area contributed by atoms with Crippen molar-refractivity contribution in [2.45, 2.75) is 12.0 Å². The maximum absolute atomic E-state index is 13.4. The molecule has 1 aliphatic heterocycles. The van der Waals surface area contributed by atoms with E-state index in [2.05, 4.69) is 4.74 Å². The molecule has 1 atom stereocenters. The summed E-state index contributed by atoms with van der Waals surface area (Å²) in [4.78, 5) is 12.1. The smallest absolute Gasteiger partial charge is 0.378 e. The molecule has 0 aromatic rings. The first kappa shape index (κ1) is 13.2. The second-order valence-electron chi connectivity index (χ2n) is 3.20. The van der Waals surface area contributed by atoms with E-state index in [-0.39, 0.29) is 26.3 Å². The zero-order chi connectivity index (χ0) is 12.4. The second kappa shape index (κ2) is 4.54. The van der Waals surface area contributed by atoms with Gasteiger partial charge in [0.15, 0.2) is 0 Å². The van der Waals surface area contributed by atoms with E-state index in [4.69, 9.17) is 4.74 Å². The average molecular weight is 245 g/mol. The van der Waals surface area contributed by atoms with Crippen LogP contribution >= 0.6 is 0 Å². The normalized spacial score (nSPS) is 21.7. The molecule has 1 rings (SSSR count). The van der Waals surface area contributed by atoms with Crippen molar-refractivity contribution in [3.05, 3.63) is 0 Å². The van der Waals surface area contributed by atoms with Crippen molar-refractivity contribution < 1.29 is 31.8 Å². The van der Waals surface area contributed by atoms with Crippen LogP contribution in [0.4, 0.5) is 17.6 Å². The highest BCUT2D eigenvalue weighted by molar-refractivity contribution is 5.84. The Hall–Kier alpha value is -0.890. The third kappa shape index (κ3) is 2.27. The number of hydrogen-bond donors (Lipinski definition) is 0. The summed E-state index contributed by atoms with van der Waals surface area (Å²) in [6, 6.07) is 0. The lowest BCUT2D eigenvalue weighted by Crippen LogP contribution is -2.58. The molecule has 0 aromatic heterocycles. The van der Waals surface area contributed by atoms with Crippen molar-refractivity contribution >= 4 is 5.91 Å². The van der Waals surface area contributed by atoms with Crippen molar-refractivity contribution in [3.8, 4) is 0 Å². The fourth-order valence-electron chi connectivity index (χ4n) is 1.29. The Morgan fingerprint density at radius 3 is 2.12 bits per heavy atom. The number of hydrogen-bond acceptors (Lipinski definition) is 3. The summed E-state index contributed by atoms with van der Waals surface area (Å²) in [7, 11) is 0.506. The fraction of sp³-hybridized carbons (Fsp3) is 0.875.